The van der Waals surface area contributed by atoms with Gasteiger partial charge in [0.05, 0.1) is 31.6 Å². The molecule has 1 aromatic heterocycles. The fraction of sp³-hybridized carbons (Fsp3) is 0.462. The molecule has 2 rings (SSSR count). The van der Waals surface area contributed by atoms with E-state index in [0.717, 1.165) is 0 Å². The molecule has 20 heavy (non-hydrogen) atoms. The molecule has 7 nitrogen and oxygen atoms in total. The first-order chi connectivity index (χ1) is 9.54. The highest BCUT2D eigenvalue weighted by Gasteiger charge is 2.30. The number of carboxylic acids is 1. The van der Waals surface area contributed by atoms with Crippen molar-refractivity contribution in [2.45, 2.75) is 13.0 Å². The van der Waals surface area contributed by atoms with Crippen molar-refractivity contribution in [3.8, 4) is 0 Å². The number of hydrogen-bond donors (Lipinski definition) is 1. The summed E-state index contributed by atoms with van der Waals surface area (Å²) in [4.78, 5) is 28.7. The van der Waals surface area contributed by atoms with E-state index in [0.29, 0.717) is 30.2 Å². The quantitative estimate of drug-likeness (QED) is 0.805. The first kappa shape index (κ1) is 14.3. The lowest BCUT2D eigenvalue weighted by molar-refractivity contribution is -0.141. The molecule has 1 aromatic rings. The van der Waals surface area contributed by atoms with Gasteiger partial charge in [0.25, 0.3) is 0 Å². The number of aryl methyl sites for hydroxylation is 1. The molecule has 1 aliphatic heterocycles. The molecule has 1 atom stereocenters. The number of morpholine rings is 1. The third kappa shape index (κ3) is 2.72. The van der Waals surface area contributed by atoms with Crippen LogP contribution in [0.25, 0.3) is 0 Å². The lowest BCUT2D eigenvalue weighted by Crippen LogP contribution is -2.50. The van der Waals surface area contributed by atoms with Gasteiger partial charge in [-0.3, -0.25) is 0 Å². The predicted molar refractivity (Wildman–Crippen MR) is 69.9 cm³/mol. The van der Waals surface area contributed by atoms with Crippen molar-refractivity contribution in [1.82, 2.24) is 4.98 Å². The van der Waals surface area contributed by atoms with Crippen LogP contribution in [-0.2, 0) is 14.3 Å². The maximum absolute atomic E-state index is 11.5. The van der Waals surface area contributed by atoms with Gasteiger partial charge in [-0.25, -0.2) is 14.6 Å². The van der Waals surface area contributed by atoms with Gasteiger partial charge in [0.1, 0.15) is 5.82 Å². The van der Waals surface area contributed by atoms with Crippen molar-refractivity contribution in [2.24, 2.45) is 0 Å². The van der Waals surface area contributed by atoms with Crippen LogP contribution >= 0.6 is 0 Å². The third-order valence-corrected chi connectivity index (χ3v) is 3.18. The molecule has 1 N–H and O–H groups in total. The van der Waals surface area contributed by atoms with E-state index < -0.39 is 18.0 Å². The molecule has 0 saturated carbocycles. The molecule has 1 unspecified atom stereocenters. The first-order valence-electron chi connectivity index (χ1n) is 6.17. The van der Waals surface area contributed by atoms with E-state index in [4.69, 9.17) is 4.74 Å². The van der Waals surface area contributed by atoms with E-state index in [1.807, 2.05) is 0 Å². The zero-order chi connectivity index (χ0) is 14.7. The minimum absolute atomic E-state index is 0.120. The Hall–Kier alpha value is -2.15. The van der Waals surface area contributed by atoms with Gasteiger partial charge in [0, 0.05) is 6.54 Å². The highest BCUT2D eigenvalue weighted by molar-refractivity contribution is 5.90. The highest BCUT2D eigenvalue weighted by atomic mass is 16.5. The molecule has 0 aliphatic carbocycles. The Morgan fingerprint density at radius 2 is 2.25 bits per heavy atom. The molecule has 7 heteroatoms. The number of hydrogen-bond acceptors (Lipinski definition) is 6. The van der Waals surface area contributed by atoms with Gasteiger partial charge in [-0.15, -0.1) is 0 Å². The van der Waals surface area contributed by atoms with Crippen LogP contribution in [-0.4, -0.2) is 54.9 Å². The van der Waals surface area contributed by atoms with Gasteiger partial charge >= 0.3 is 11.9 Å². The summed E-state index contributed by atoms with van der Waals surface area (Å²) in [5.41, 5.74) is 0.876. The molecule has 0 amide bonds. The topological polar surface area (TPSA) is 89.0 Å². The fourth-order valence-electron chi connectivity index (χ4n) is 2.12. The van der Waals surface area contributed by atoms with Crippen molar-refractivity contribution in [3.05, 3.63) is 23.4 Å². The van der Waals surface area contributed by atoms with Crippen LogP contribution in [0.2, 0.25) is 0 Å². The number of ether oxygens (including phenoxy) is 2. The summed E-state index contributed by atoms with van der Waals surface area (Å²) < 4.78 is 9.84. The zero-order valence-electron chi connectivity index (χ0n) is 11.3. The molecule has 0 bridgehead atoms. The lowest BCUT2D eigenvalue weighted by Gasteiger charge is -2.33. The second kappa shape index (κ2) is 5.87. The lowest BCUT2D eigenvalue weighted by atomic mass is 10.2. The second-order valence-corrected chi connectivity index (χ2v) is 4.42. The number of carbonyl (C=O) groups is 2. The summed E-state index contributed by atoms with van der Waals surface area (Å²) in [6.07, 6.45) is 0. The minimum Gasteiger partial charge on any atom is -0.480 e. The Morgan fingerprint density at radius 3 is 2.85 bits per heavy atom. The maximum Gasteiger partial charge on any atom is 0.339 e. The SMILES string of the molecule is COC(=O)c1ccc(N2CCOCC2C(=O)O)nc1C. The van der Waals surface area contributed by atoms with Crippen molar-refractivity contribution >= 4 is 17.8 Å². The van der Waals surface area contributed by atoms with E-state index in [-0.39, 0.29) is 6.61 Å². The number of carbonyl (C=O) groups excluding carboxylic acids is 1. The molecule has 1 saturated heterocycles. The van der Waals surface area contributed by atoms with Crippen LogP contribution in [0.1, 0.15) is 16.1 Å². The summed E-state index contributed by atoms with van der Waals surface area (Å²) in [6, 6.07) is 2.46. The molecular formula is C13H16N2O5. The van der Waals surface area contributed by atoms with E-state index in [1.165, 1.54) is 7.11 Å². The third-order valence-electron chi connectivity index (χ3n) is 3.18. The number of aromatic nitrogens is 1. The zero-order valence-corrected chi connectivity index (χ0v) is 11.3. The van der Waals surface area contributed by atoms with E-state index >= 15 is 0 Å². The van der Waals surface area contributed by atoms with Crippen molar-refractivity contribution in [2.75, 3.05) is 31.8 Å². The molecular weight excluding hydrogens is 264 g/mol. The summed E-state index contributed by atoms with van der Waals surface area (Å²) in [5.74, 6) is -0.898. The van der Waals surface area contributed by atoms with Gasteiger partial charge in [-0.1, -0.05) is 0 Å². The van der Waals surface area contributed by atoms with Crippen molar-refractivity contribution < 1.29 is 24.2 Å². The number of esters is 1. The predicted octanol–water partition coefficient (Wildman–Crippen LogP) is 0.466. The monoisotopic (exact) mass is 280 g/mol. The fourth-order valence-corrected chi connectivity index (χ4v) is 2.12. The molecule has 1 aliphatic rings. The van der Waals surface area contributed by atoms with Crippen LogP contribution in [0, 0.1) is 6.92 Å². The molecule has 108 valence electrons. The number of pyridine rings is 1. The Balaban J connectivity index is 2.30. The Morgan fingerprint density at radius 1 is 1.50 bits per heavy atom. The second-order valence-electron chi connectivity index (χ2n) is 4.42. The van der Waals surface area contributed by atoms with Crippen LogP contribution in [0.15, 0.2) is 12.1 Å². The molecule has 0 aromatic carbocycles. The van der Waals surface area contributed by atoms with Gasteiger partial charge < -0.3 is 19.5 Å². The van der Waals surface area contributed by atoms with E-state index in [9.17, 15) is 14.7 Å². The Bertz CT molecular complexity index is 531. The summed E-state index contributed by atoms with van der Waals surface area (Å²) in [7, 11) is 1.30. The van der Waals surface area contributed by atoms with Gasteiger partial charge in [0.2, 0.25) is 0 Å². The minimum atomic E-state index is -0.957. The Labute approximate surface area is 116 Å². The average molecular weight is 280 g/mol. The first-order valence-corrected chi connectivity index (χ1v) is 6.17. The number of anilines is 1. The van der Waals surface area contributed by atoms with E-state index in [1.54, 1.807) is 24.0 Å². The summed E-state index contributed by atoms with van der Waals surface area (Å²) in [6.45, 7) is 2.70. The number of aliphatic carboxylic acids is 1. The number of rotatable bonds is 3. The van der Waals surface area contributed by atoms with Gasteiger partial charge in [-0.05, 0) is 19.1 Å². The van der Waals surface area contributed by atoms with Crippen molar-refractivity contribution in [3.63, 3.8) is 0 Å². The summed E-state index contributed by atoms with van der Waals surface area (Å²) >= 11 is 0. The Kier molecular flexibility index (Phi) is 4.19. The average Bonchev–Trinajstić information content (AvgIpc) is 2.46. The largest absolute Gasteiger partial charge is 0.480 e. The van der Waals surface area contributed by atoms with E-state index in [2.05, 4.69) is 9.72 Å². The molecule has 0 spiro atoms. The smallest absolute Gasteiger partial charge is 0.339 e. The van der Waals surface area contributed by atoms with Crippen LogP contribution in [0.5, 0.6) is 0 Å². The van der Waals surface area contributed by atoms with Gasteiger partial charge in [-0.2, -0.15) is 0 Å². The number of nitrogens with zero attached hydrogens (tertiary/aromatic N) is 2. The van der Waals surface area contributed by atoms with Crippen LogP contribution < -0.4 is 4.90 Å². The van der Waals surface area contributed by atoms with Crippen molar-refractivity contribution in [1.29, 1.82) is 0 Å². The van der Waals surface area contributed by atoms with Gasteiger partial charge in [0.15, 0.2) is 6.04 Å². The molecule has 2 heterocycles. The van der Waals surface area contributed by atoms with Crippen LogP contribution in [0.3, 0.4) is 0 Å². The molecule has 1 fully saturated rings. The maximum atomic E-state index is 11.5. The number of carboxylic acid groups (broad SMARTS) is 1. The summed E-state index contributed by atoms with van der Waals surface area (Å²) in [5, 5.41) is 9.20. The highest BCUT2D eigenvalue weighted by Crippen LogP contribution is 2.20. The standard InChI is InChI=1S/C13H16N2O5/c1-8-9(13(18)19-2)3-4-11(14-8)15-5-6-20-7-10(15)12(16)17/h3-4,10H,5-7H2,1-2H3,(H,16,17). The van der Waals surface area contributed by atoms with Crippen LogP contribution in [0.4, 0.5) is 5.82 Å². The normalized spacial score (nSPS) is 18.7. The molecule has 0 radical (unpaired) electrons. The number of methoxy groups -OCH3 is 1.